The molecule has 0 aromatic heterocycles. The van der Waals surface area contributed by atoms with Gasteiger partial charge in [0.25, 0.3) is 0 Å². The van der Waals surface area contributed by atoms with E-state index in [1.54, 1.807) is 34.1 Å². The van der Waals surface area contributed by atoms with Gasteiger partial charge in [-0.15, -0.1) is 0 Å². The Morgan fingerprint density at radius 3 is 1.28 bits per heavy atom. The molecule has 8 atom stereocenters. The molecule has 12 heteroatoms. The number of allylic oxidation sites excluding steroid dienone is 4. The van der Waals surface area contributed by atoms with Gasteiger partial charge < -0.3 is 35.4 Å². The van der Waals surface area contributed by atoms with E-state index in [1.165, 1.54) is 32.1 Å². The van der Waals surface area contributed by atoms with Gasteiger partial charge >= 0.3 is 30.8 Å². The number of rotatable bonds is 20. The zero-order chi connectivity index (χ0) is 41.5. The molecule has 0 fully saturated rings. The summed E-state index contributed by atoms with van der Waals surface area (Å²) < 4.78 is 16.1. The van der Waals surface area contributed by atoms with Crippen molar-refractivity contribution in [1.82, 2.24) is 10.6 Å². The number of methoxy groups -OCH3 is 3. The van der Waals surface area contributed by atoms with Crippen molar-refractivity contribution in [2.24, 2.45) is 23.7 Å². The molecule has 2 amide bonds. The van der Waals surface area contributed by atoms with Crippen molar-refractivity contribution in [1.29, 1.82) is 0 Å². The fraction of sp³-hybridized carbons (Fsp3) is 0.478. The summed E-state index contributed by atoms with van der Waals surface area (Å²) in [6.45, 7) is 14.3. The fourth-order valence-corrected chi connectivity index (χ4v) is 5.96. The largest absolute Gasteiger partial charge is 1.00 e. The molecule has 318 valence electrons. The Morgan fingerprint density at radius 2 is 0.983 bits per heavy atom. The molecular formula is C46H69LiN2O9. The van der Waals surface area contributed by atoms with Crippen LogP contribution in [0.2, 0.25) is 0 Å². The molecule has 2 unspecified atom stereocenters. The van der Waals surface area contributed by atoms with E-state index in [9.17, 15) is 24.3 Å². The molecular weight excluding hydrogens is 731 g/mol. The Kier molecular flexibility index (Phi) is 31.8. The SMILES string of the molecule is C.COC(=O)[C@@H](C)C(/C=C/C(C)=C/[C@H](C)[C@H](Cc1ccccc1)OC)NC(C)=O.CO[C@@H](Cc1ccccc1)[C@@H](C)/C=C(C)/C=C/C(NC(C)=O)[C@H](C)C(=O)O.[Li+].[OH-]. The second kappa shape index (κ2) is 31.7. The maximum absolute atomic E-state index is 11.8. The summed E-state index contributed by atoms with van der Waals surface area (Å²) in [6.07, 6.45) is 13.3. The molecule has 0 aliphatic carbocycles. The first-order chi connectivity index (χ1) is 26.0. The quantitative estimate of drug-likeness (QED) is 0.0971. The average molecular weight is 801 g/mol. The summed E-state index contributed by atoms with van der Waals surface area (Å²) in [6, 6.07) is 19.5. The Labute approximate surface area is 360 Å². The topological polar surface area (TPSA) is 170 Å². The van der Waals surface area contributed by atoms with Gasteiger partial charge in [0.15, 0.2) is 0 Å². The van der Waals surface area contributed by atoms with Crippen LogP contribution < -0.4 is 29.5 Å². The molecule has 0 saturated carbocycles. The predicted octanol–water partition coefficient (Wildman–Crippen LogP) is 4.77. The van der Waals surface area contributed by atoms with Crippen LogP contribution in [0.4, 0.5) is 0 Å². The number of carbonyl (C=O) groups is 4. The van der Waals surface area contributed by atoms with Crippen LogP contribution in [0, 0.1) is 23.7 Å². The van der Waals surface area contributed by atoms with Crippen LogP contribution in [0.1, 0.15) is 73.9 Å². The zero-order valence-electron chi connectivity index (χ0n) is 36.0. The fourth-order valence-electron chi connectivity index (χ4n) is 5.96. The Hall–Kier alpha value is -4.24. The summed E-state index contributed by atoms with van der Waals surface area (Å²) in [5, 5.41) is 14.7. The van der Waals surface area contributed by atoms with Crippen LogP contribution in [0.5, 0.6) is 0 Å². The predicted molar refractivity (Wildman–Crippen MR) is 228 cm³/mol. The number of carboxylic acids is 1. The van der Waals surface area contributed by atoms with Crippen LogP contribution in [0.15, 0.2) is 108 Å². The van der Waals surface area contributed by atoms with Gasteiger partial charge in [0, 0.05) is 39.9 Å². The molecule has 0 aliphatic rings. The van der Waals surface area contributed by atoms with Crippen molar-refractivity contribution in [2.75, 3.05) is 21.3 Å². The standard InChI is InChI=1S/C23H33NO4.C22H31NO4.CH4.Li.H2O/c1-16(12-13-21(24-19(4)25)18(3)23(26)28-6)14-17(2)22(27-5)15-20-10-8-7-9-11-20;1-15(11-12-20(23-18(4)24)17(3)22(25)26)13-16(2)21(27-5)14-19-9-7-6-8-10-19;;;/h7-14,17-18,21-22H,15H2,1-6H3,(H,24,25);6-13,16-17,20-21H,14H2,1-5H3,(H,23,24)(H,25,26);1H4;;1H2/q;;;+1;/p-1/b13-12+,16-14+;12-11+,15-13+;;;/t17-,18-,21?,22-;16-,17-,20?,21-;;;/m00.../s1. The molecule has 0 saturated heterocycles. The average Bonchev–Trinajstić information content (AvgIpc) is 3.15. The molecule has 2 rings (SSSR count). The van der Waals surface area contributed by atoms with E-state index in [1.807, 2.05) is 68.5 Å². The third-order valence-electron chi connectivity index (χ3n) is 9.30. The van der Waals surface area contributed by atoms with Crippen LogP contribution in [-0.4, -0.2) is 80.0 Å². The minimum atomic E-state index is -0.948. The van der Waals surface area contributed by atoms with Gasteiger partial charge in [-0.3, -0.25) is 19.2 Å². The molecule has 0 bridgehead atoms. The number of hydrogen-bond donors (Lipinski definition) is 3. The smallest absolute Gasteiger partial charge is 0.870 e. The van der Waals surface area contributed by atoms with Gasteiger partial charge in [-0.25, -0.2) is 0 Å². The molecule has 0 spiro atoms. The first-order valence-electron chi connectivity index (χ1n) is 18.7. The van der Waals surface area contributed by atoms with E-state index in [4.69, 9.17) is 14.2 Å². The number of hydrogen-bond acceptors (Lipinski definition) is 8. The number of nitrogens with one attached hydrogen (secondary N) is 2. The summed E-state index contributed by atoms with van der Waals surface area (Å²) in [4.78, 5) is 45.9. The summed E-state index contributed by atoms with van der Waals surface area (Å²) in [5.74, 6) is -2.56. The number of carbonyl (C=O) groups excluding carboxylic acids is 3. The number of carboxylic acid groups (broad SMARTS) is 1. The van der Waals surface area contributed by atoms with Crippen LogP contribution in [0.3, 0.4) is 0 Å². The molecule has 0 radical (unpaired) electrons. The first kappa shape index (κ1) is 58.1. The van der Waals surface area contributed by atoms with Gasteiger partial charge in [-0.05, 0) is 51.7 Å². The Balaban J connectivity index is -0.000000992. The van der Waals surface area contributed by atoms with E-state index in [-0.39, 0.29) is 73.6 Å². The van der Waals surface area contributed by atoms with Crippen molar-refractivity contribution in [3.63, 3.8) is 0 Å². The number of ether oxygens (including phenoxy) is 3. The first-order valence-corrected chi connectivity index (χ1v) is 18.7. The third-order valence-corrected chi connectivity index (χ3v) is 9.30. The molecule has 2 aromatic rings. The normalized spacial score (nSPS) is 15.6. The second-order valence-electron chi connectivity index (χ2n) is 14.1. The minimum absolute atomic E-state index is 0. The van der Waals surface area contributed by atoms with Crippen molar-refractivity contribution in [3.8, 4) is 0 Å². The summed E-state index contributed by atoms with van der Waals surface area (Å²) >= 11 is 0. The van der Waals surface area contributed by atoms with E-state index < -0.39 is 29.9 Å². The van der Waals surface area contributed by atoms with Gasteiger partial charge in [-0.2, -0.15) is 0 Å². The van der Waals surface area contributed by atoms with Crippen LogP contribution >= 0.6 is 0 Å². The molecule has 0 heterocycles. The van der Waals surface area contributed by atoms with Crippen molar-refractivity contribution >= 4 is 23.8 Å². The number of amides is 2. The molecule has 2 aromatic carbocycles. The van der Waals surface area contributed by atoms with Crippen molar-refractivity contribution < 1.29 is 62.8 Å². The Morgan fingerprint density at radius 1 is 0.638 bits per heavy atom. The molecule has 11 nitrogen and oxygen atoms in total. The summed E-state index contributed by atoms with van der Waals surface area (Å²) in [7, 11) is 4.79. The molecule has 4 N–H and O–H groups in total. The zero-order valence-corrected chi connectivity index (χ0v) is 36.0. The maximum Gasteiger partial charge on any atom is 1.00 e. The maximum atomic E-state index is 11.8. The second-order valence-corrected chi connectivity index (χ2v) is 14.1. The van der Waals surface area contributed by atoms with Crippen LogP contribution in [-0.2, 0) is 46.2 Å². The summed E-state index contributed by atoms with van der Waals surface area (Å²) in [5.41, 5.74) is 4.49. The van der Waals surface area contributed by atoms with Gasteiger partial charge in [0.05, 0.1) is 43.2 Å². The van der Waals surface area contributed by atoms with E-state index in [0.717, 1.165) is 24.0 Å². The van der Waals surface area contributed by atoms with Crippen molar-refractivity contribution in [2.45, 2.75) is 99.9 Å². The molecule has 0 aliphatic heterocycles. The van der Waals surface area contributed by atoms with E-state index in [0.29, 0.717) is 0 Å². The number of esters is 1. The monoisotopic (exact) mass is 801 g/mol. The third kappa shape index (κ3) is 23.2. The van der Waals surface area contributed by atoms with Gasteiger partial charge in [-0.1, -0.05) is 130 Å². The Bertz CT molecular complexity index is 1590. The van der Waals surface area contributed by atoms with E-state index in [2.05, 4.69) is 60.9 Å². The van der Waals surface area contributed by atoms with Gasteiger partial charge in [0.1, 0.15) is 0 Å². The number of aliphatic carboxylic acids is 1. The molecule has 58 heavy (non-hydrogen) atoms. The number of benzene rings is 2. The van der Waals surface area contributed by atoms with E-state index >= 15 is 0 Å². The van der Waals surface area contributed by atoms with Crippen LogP contribution in [0.25, 0.3) is 0 Å². The van der Waals surface area contributed by atoms with Crippen molar-refractivity contribution in [3.05, 3.63) is 119 Å². The van der Waals surface area contributed by atoms with Gasteiger partial charge in [0.2, 0.25) is 11.8 Å². The minimum Gasteiger partial charge on any atom is -0.870 e.